The standard InChI is InChI=1S/C41H44F3N5O6S/c1-40(2,3)26-23-32(38(52-4)35(24-26)56(5)51)48-39(50)47-30-13-14-33(29-10-7-6-9-28(29)30)55-27-15-16-45-36(25-27)46-31-11-8-12-34(37(31)41(42,43)44)54-22-19-49-17-20-53-21-18-49/h6-16,23-25H,17-22H2,1-5H3,(H,45,46)(H2,47,48,50). The smallest absolute Gasteiger partial charge is 0.421 e. The van der Waals surface area contributed by atoms with E-state index in [0.29, 0.717) is 77.1 Å². The number of nitrogens with one attached hydrogen (secondary N) is 3. The van der Waals surface area contributed by atoms with Crippen LogP contribution >= 0.6 is 0 Å². The summed E-state index contributed by atoms with van der Waals surface area (Å²) in [5.74, 6) is 0.900. The fourth-order valence-electron chi connectivity index (χ4n) is 6.26. The highest BCUT2D eigenvalue weighted by Crippen LogP contribution is 2.43. The van der Waals surface area contributed by atoms with Gasteiger partial charge in [-0.05, 0) is 58.6 Å². The minimum Gasteiger partial charge on any atom is -0.612 e. The van der Waals surface area contributed by atoms with Crippen LogP contribution in [0.15, 0.2) is 90.0 Å². The molecule has 0 spiro atoms. The normalized spacial score (nSPS) is 14.2. The highest BCUT2D eigenvalue weighted by atomic mass is 32.2. The summed E-state index contributed by atoms with van der Waals surface area (Å²) < 4.78 is 78.7. The molecule has 1 aromatic heterocycles. The fourth-order valence-corrected chi connectivity index (χ4v) is 7.01. The minimum atomic E-state index is -4.71. The molecule has 15 heteroatoms. The van der Waals surface area contributed by atoms with E-state index in [1.807, 2.05) is 57.2 Å². The van der Waals surface area contributed by atoms with Gasteiger partial charge in [-0.3, -0.25) is 4.90 Å². The minimum absolute atomic E-state index is 0.0874. The Labute approximate surface area is 326 Å². The van der Waals surface area contributed by atoms with Crippen LogP contribution in [0.1, 0.15) is 31.9 Å². The lowest BCUT2D eigenvalue weighted by molar-refractivity contribution is -0.138. The van der Waals surface area contributed by atoms with Crippen molar-refractivity contribution in [3.8, 4) is 23.0 Å². The number of carbonyl (C=O) groups is 1. The Morgan fingerprint density at radius 2 is 1.64 bits per heavy atom. The molecule has 0 aliphatic carbocycles. The van der Waals surface area contributed by atoms with Crippen LogP contribution in [0.4, 0.5) is 40.8 Å². The van der Waals surface area contributed by atoms with Gasteiger partial charge in [-0.1, -0.05) is 51.1 Å². The number of urea groups is 1. The Morgan fingerprint density at radius 1 is 0.911 bits per heavy atom. The van der Waals surface area contributed by atoms with Crippen molar-refractivity contribution in [1.29, 1.82) is 0 Å². The first-order valence-electron chi connectivity index (χ1n) is 17.9. The van der Waals surface area contributed by atoms with Gasteiger partial charge in [0.05, 0.1) is 37.4 Å². The van der Waals surface area contributed by atoms with Crippen LogP contribution in [0.25, 0.3) is 10.8 Å². The fraction of sp³-hybridized carbons (Fsp3) is 0.317. The van der Waals surface area contributed by atoms with Crippen molar-refractivity contribution in [1.82, 2.24) is 9.88 Å². The van der Waals surface area contributed by atoms with Crippen LogP contribution in [-0.2, 0) is 27.5 Å². The van der Waals surface area contributed by atoms with Crippen LogP contribution in [-0.4, -0.2) is 73.3 Å². The molecule has 1 unspecified atom stereocenters. The maximum absolute atomic E-state index is 14.4. The van der Waals surface area contributed by atoms with Crippen molar-refractivity contribution < 1.29 is 41.5 Å². The largest absolute Gasteiger partial charge is 0.612 e. The number of halogens is 3. The molecule has 11 nitrogen and oxygen atoms in total. The topological polar surface area (TPSA) is 129 Å². The summed E-state index contributed by atoms with van der Waals surface area (Å²) in [4.78, 5) is 20.2. The number of ether oxygens (including phenoxy) is 4. The number of fused-ring (bicyclic) bond motifs is 1. The summed E-state index contributed by atoms with van der Waals surface area (Å²) in [5, 5.41) is 9.90. The SMILES string of the molecule is COc1c(NC(=O)Nc2ccc(Oc3ccnc(Nc4cccc(OCCN5CCOCC5)c4C(F)(F)F)c3)c3ccccc23)cc(C(C)(C)C)cc1[S+](C)[O-]. The highest BCUT2D eigenvalue weighted by molar-refractivity contribution is 7.90. The summed E-state index contributed by atoms with van der Waals surface area (Å²) in [6, 6.07) is 21.0. The predicted molar refractivity (Wildman–Crippen MR) is 212 cm³/mol. The van der Waals surface area contributed by atoms with E-state index in [4.69, 9.17) is 18.9 Å². The summed E-state index contributed by atoms with van der Waals surface area (Å²) >= 11 is -1.38. The van der Waals surface area contributed by atoms with E-state index < -0.39 is 28.9 Å². The Kier molecular flexibility index (Phi) is 12.5. The Balaban J connectivity index is 1.20. The molecule has 6 rings (SSSR count). The van der Waals surface area contributed by atoms with Gasteiger partial charge in [-0.15, -0.1) is 0 Å². The van der Waals surface area contributed by atoms with Crippen molar-refractivity contribution in [2.45, 2.75) is 37.3 Å². The molecule has 2 heterocycles. The Morgan fingerprint density at radius 3 is 2.34 bits per heavy atom. The maximum Gasteiger partial charge on any atom is 0.421 e. The molecule has 1 aliphatic rings. The quantitative estimate of drug-likeness (QED) is 0.106. The number of hydrogen-bond donors (Lipinski definition) is 3. The van der Waals surface area contributed by atoms with Crippen LogP contribution < -0.4 is 30.2 Å². The number of hydrogen-bond acceptors (Lipinski definition) is 9. The van der Waals surface area contributed by atoms with Crippen molar-refractivity contribution in [3.63, 3.8) is 0 Å². The average molecular weight is 792 g/mol. The van der Waals surface area contributed by atoms with Gasteiger partial charge < -0.3 is 39.5 Å². The average Bonchev–Trinajstić information content (AvgIpc) is 3.15. The first-order valence-corrected chi connectivity index (χ1v) is 19.5. The number of pyridine rings is 1. The molecule has 296 valence electrons. The number of aromatic nitrogens is 1. The molecule has 0 saturated carbocycles. The van der Waals surface area contributed by atoms with Gasteiger partial charge in [-0.2, -0.15) is 13.2 Å². The molecular formula is C41H44F3N5O6S. The number of anilines is 4. The number of nitrogens with zero attached hydrogens (tertiary/aromatic N) is 2. The monoisotopic (exact) mass is 791 g/mol. The lowest BCUT2D eigenvalue weighted by Gasteiger charge is -2.26. The molecule has 5 aromatic rings. The zero-order chi connectivity index (χ0) is 40.0. The predicted octanol–water partition coefficient (Wildman–Crippen LogP) is 9.19. The number of rotatable bonds is 12. The number of alkyl halides is 3. The molecule has 4 aromatic carbocycles. The first kappa shape index (κ1) is 40.4. The first-order chi connectivity index (χ1) is 26.7. The van der Waals surface area contributed by atoms with E-state index >= 15 is 0 Å². The van der Waals surface area contributed by atoms with Crippen molar-refractivity contribution in [3.05, 3.63) is 96.2 Å². The number of carbonyl (C=O) groups excluding carboxylic acids is 1. The zero-order valence-corrected chi connectivity index (χ0v) is 32.5. The van der Waals surface area contributed by atoms with Gasteiger partial charge in [0, 0.05) is 48.7 Å². The van der Waals surface area contributed by atoms with Crippen molar-refractivity contribution >= 4 is 50.9 Å². The summed E-state index contributed by atoms with van der Waals surface area (Å²) in [6.45, 7) is 9.18. The van der Waals surface area contributed by atoms with Gasteiger partial charge >= 0.3 is 12.2 Å². The van der Waals surface area contributed by atoms with Crippen molar-refractivity contribution in [2.24, 2.45) is 0 Å². The molecular weight excluding hydrogens is 748 g/mol. The third-order valence-electron chi connectivity index (χ3n) is 9.12. The van der Waals surface area contributed by atoms with Gasteiger partial charge in [0.2, 0.25) is 0 Å². The number of benzene rings is 4. The lowest BCUT2D eigenvalue weighted by atomic mass is 9.86. The molecule has 0 bridgehead atoms. The zero-order valence-electron chi connectivity index (χ0n) is 31.7. The highest BCUT2D eigenvalue weighted by Gasteiger charge is 2.38. The molecule has 0 radical (unpaired) electrons. The summed E-state index contributed by atoms with van der Waals surface area (Å²) in [7, 11) is 1.46. The van der Waals surface area contributed by atoms with E-state index in [2.05, 4.69) is 25.8 Å². The van der Waals surface area contributed by atoms with E-state index in [1.165, 1.54) is 37.6 Å². The molecule has 2 amide bonds. The second kappa shape index (κ2) is 17.3. The second-order valence-corrected chi connectivity index (χ2v) is 15.4. The Hall–Kier alpha value is -5.22. The molecule has 1 saturated heterocycles. The third-order valence-corrected chi connectivity index (χ3v) is 10.0. The molecule has 1 aliphatic heterocycles. The van der Waals surface area contributed by atoms with E-state index in [-0.39, 0.29) is 29.3 Å². The van der Waals surface area contributed by atoms with Crippen LogP contribution in [0.5, 0.6) is 23.0 Å². The van der Waals surface area contributed by atoms with E-state index in [1.54, 1.807) is 24.5 Å². The van der Waals surface area contributed by atoms with Crippen molar-refractivity contribution in [2.75, 3.05) is 68.8 Å². The molecule has 1 atom stereocenters. The van der Waals surface area contributed by atoms with Crippen LogP contribution in [0.3, 0.4) is 0 Å². The van der Waals surface area contributed by atoms with E-state index in [9.17, 15) is 22.5 Å². The second-order valence-electron chi connectivity index (χ2n) is 14.1. The Bertz CT molecular complexity index is 2170. The molecule has 1 fully saturated rings. The van der Waals surface area contributed by atoms with Crippen LogP contribution in [0, 0.1) is 0 Å². The summed E-state index contributed by atoms with van der Waals surface area (Å²) in [6.07, 6.45) is -1.72. The van der Waals surface area contributed by atoms with Gasteiger partial charge in [-0.25, -0.2) is 9.78 Å². The lowest BCUT2D eigenvalue weighted by Crippen LogP contribution is -2.38. The van der Waals surface area contributed by atoms with Crippen LogP contribution in [0.2, 0.25) is 0 Å². The molecule has 3 N–H and O–H groups in total. The number of amides is 2. The molecule has 56 heavy (non-hydrogen) atoms. The third kappa shape index (κ3) is 9.77. The number of methoxy groups -OCH3 is 1. The van der Waals surface area contributed by atoms with E-state index in [0.717, 1.165) is 5.56 Å². The number of morpholine rings is 1. The van der Waals surface area contributed by atoms with Gasteiger partial charge in [0.1, 0.15) is 41.5 Å². The summed E-state index contributed by atoms with van der Waals surface area (Å²) in [5.41, 5.74) is 0.291. The van der Waals surface area contributed by atoms with Gasteiger partial charge in [0.25, 0.3) is 0 Å². The maximum atomic E-state index is 14.4. The van der Waals surface area contributed by atoms with Gasteiger partial charge in [0.15, 0.2) is 10.6 Å².